The quantitative estimate of drug-likeness (QED) is 0.612. The fraction of sp³-hybridized carbons (Fsp3) is 0.778. The highest BCUT2D eigenvalue weighted by molar-refractivity contribution is 5.93. The minimum Gasteiger partial charge on any atom is -0.481 e. The number of carboxylic acid groups (broad SMARTS) is 1. The average Bonchev–Trinajstić information content (AvgIpc) is 1.99. The Kier molecular flexibility index (Phi) is 4.56. The Morgan fingerprint density at radius 2 is 1.86 bits per heavy atom. The molecule has 0 aliphatic carbocycles. The second kappa shape index (κ2) is 4.95. The number of aliphatic carboxylic acids is 1. The Hall–Kier alpha value is -1.10. The Morgan fingerprint density at radius 3 is 2.21 bits per heavy atom. The first kappa shape index (κ1) is 12.9. The summed E-state index contributed by atoms with van der Waals surface area (Å²) in [6.07, 6.45) is -0.469. The molecule has 0 heterocycles. The van der Waals surface area contributed by atoms with Gasteiger partial charge in [-0.25, -0.2) is 0 Å². The Bertz CT molecular complexity index is 224. The van der Waals surface area contributed by atoms with Crippen LogP contribution in [0.1, 0.15) is 20.3 Å². The highest BCUT2D eigenvalue weighted by Gasteiger charge is 2.21. The van der Waals surface area contributed by atoms with Gasteiger partial charge in [-0.05, 0) is 27.9 Å². The van der Waals surface area contributed by atoms with E-state index in [1.54, 1.807) is 0 Å². The lowest BCUT2D eigenvalue weighted by atomic mass is 10.0. The van der Waals surface area contributed by atoms with E-state index in [0.29, 0.717) is 6.54 Å². The molecule has 0 aliphatic rings. The molecule has 5 nitrogen and oxygen atoms in total. The molecule has 0 saturated carbocycles. The zero-order chi connectivity index (χ0) is 11.4. The van der Waals surface area contributed by atoms with Crippen molar-refractivity contribution < 1.29 is 14.7 Å². The van der Waals surface area contributed by atoms with Crippen LogP contribution in [-0.4, -0.2) is 48.1 Å². The van der Waals surface area contributed by atoms with Crippen LogP contribution >= 0.6 is 0 Å². The van der Waals surface area contributed by atoms with Gasteiger partial charge < -0.3 is 15.3 Å². The van der Waals surface area contributed by atoms with Gasteiger partial charge in [0.15, 0.2) is 0 Å². The van der Waals surface area contributed by atoms with Crippen LogP contribution in [0.15, 0.2) is 0 Å². The summed E-state index contributed by atoms with van der Waals surface area (Å²) in [6, 6.07) is 0. The van der Waals surface area contributed by atoms with Gasteiger partial charge in [0.05, 0.1) is 0 Å². The third-order valence-corrected chi connectivity index (χ3v) is 2.24. The first-order valence-corrected chi connectivity index (χ1v) is 4.41. The van der Waals surface area contributed by atoms with Gasteiger partial charge in [-0.2, -0.15) is 0 Å². The molecule has 1 amide bonds. The maximum atomic E-state index is 11.0. The zero-order valence-electron chi connectivity index (χ0n) is 9.13. The number of rotatable bonds is 5. The topological polar surface area (TPSA) is 69.6 Å². The van der Waals surface area contributed by atoms with E-state index in [9.17, 15) is 9.59 Å². The standard InChI is InChI=1S/C9H18N2O3/c1-9(2,11(3)4)6-10-7(12)5-8(13)14/h5-6H2,1-4H3,(H,10,12)(H,13,14). The van der Waals surface area contributed by atoms with Gasteiger partial charge in [0.2, 0.25) is 5.91 Å². The average molecular weight is 202 g/mol. The van der Waals surface area contributed by atoms with Crippen molar-refractivity contribution in [2.24, 2.45) is 0 Å². The number of hydrogen-bond donors (Lipinski definition) is 2. The fourth-order valence-electron chi connectivity index (χ4n) is 0.673. The minimum absolute atomic E-state index is 0.172. The summed E-state index contributed by atoms with van der Waals surface area (Å²) in [7, 11) is 3.81. The number of carbonyl (C=O) groups is 2. The maximum absolute atomic E-state index is 11.0. The van der Waals surface area contributed by atoms with Crippen LogP contribution in [0.3, 0.4) is 0 Å². The Balaban J connectivity index is 3.94. The second-order valence-electron chi connectivity index (χ2n) is 4.05. The molecule has 0 aromatic rings. The lowest BCUT2D eigenvalue weighted by Gasteiger charge is -2.32. The van der Waals surface area contributed by atoms with Crippen molar-refractivity contribution in [3.05, 3.63) is 0 Å². The summed E-state index contributed by atoms with van der Waals surface area (Å²) in [5.74, 6) is -1.56. The Morgan fingerprint density at radius 1 is 1.36 bits per heavy atom. The summed E-state index contributed by atoms with van der Waals surface area (Å²) < 4.78 is 0. The summed E-state index contributed by atoms with van der Waals surface area (Å²) in [4.78, 5) is 23.2. The van der Waals surface area contributed by atoms with Crippen LogP contribution in [-0.2, 0) is 9.59 Å². The van der Waals surface area contributed by atoms with Crippen molar-refractivity contribution in [2.75, 3.05) is 20.6 Å². The molecule has 0 aliphatic heterocycles. The molecule has 5 heteroatoms. The van der Waals surface area contributed by atoms with E-state index in [1.807, 2.05) is 32.8 Å². The first-order valence-electron chi connectivity index (χ1n) is 4.41. The third-order valence-electron chi connectivity index (χ3n) is 2.24. The highest BCUT2D eigenvalue weighted by Crippen LogP contribution is 2.07. The van der Waals surface area contributed by atoms with Gasteiger partial charge in [-0.15, -0.1) is 0 Å². The minimum atomic E-state index is -1.11. The van der Waals surface area contributed by atoms with Crippen LogP contribution < -0.4 is 5.32 Å². The summed E-state index contributed by atoms with van der Waals surface area (Å²) >= 11 is 0. The van der Waals surface area contributed by atoms with E-state index in [4.69, 9.17) is 5.11 Å². The largest absolute Gasteiger partial charge is 0.481 e. The van der Waals surface area contributed by atoms with Crippen molar-refractivity contribution in [3.8, 4) is 0 Å². The zero-order valence-corrected chi connectivity index (χ0v) is 9.13. The van der Waals surface area contributed by atoms with Crippen molar-refractivity contribution in [1.29, 1.82) is 0 Å². The van der Waals surface area contributed by atoms with Gasteiger partial charge >= 0.3 is 5.97 Å². The van der Waals surface area contributed by atoms with E-state index >= 15 is 0 Å². The van der Waals surface area contributed by atoms with E-state index in [-0.39, 0.29) is 5.54 Å². The van der Waals surface area contributed by atoms with Gasteiger partial charge in [-0.1, -0.05) is 0 Å². The van der Waals surface area contributed by atoms with Crippen LogP contribution in [0.2, 0.25) is 0 Å². The molecular formula is C9H18N2O3. The lowest BCUT2D eigenvalue weighted by Crippen LogP contribution is -2.48. The molecule has 0 bridgehead atoms. The second-order valence-corrected chi connectivity index (χ2v) is 4.05. The molecule has 0 saturated heterocycles. The SMILES string of the molecule is CN(C)C(C)(C)CNC(=O)CC(=O)O. The van der Waals surface area contributed by atoms with E-state index in [0.717, 1.165) is 0 Å². The normalized spacial score (nSPS) is 11.5. The molecule has 0 unspecified atom stereocenters. The number of nitrogens with zero attached hydrogens (tertiary/aromatic N) is 1. The number of likely N-dealkylation sites (N-methyl/N-ethyl adjacent to an activating group) is 1. The Labute approximate surface area is 84.1 Å². The number of hydrogen-bond acceptors (Lipinski definition) is 3. The van der Waals surface area contributed by atoms with Crippen molar-refractivity contribution >= 4 is 11.9 Å². The first-order chi connectivity index (χ1) is 6.25. The molecule has 0 aromatic carbocycles. The molecule has 0 spiro atoms. The smallest absolute Gasteiger partial charge is 0.312 e. The predicted molar refractivity (Wildman–Crippen MR) is 53.0 cm³/mol. The van der Waals surface area contributed by atoms with Gasteiger partial charge in [0.1, 0.15) is 6.42 Å². The molecule has 14 heavy (non-hydrogen) atoms. The van der Waals surface area contributed by atoms with Gasteiger partial charge in [0, 0.05) is 12.1 Å². The van der Waals surface area contributed by atoms with Crippen LogP contribution in [0.5, 0.6) is 0 Å². The molecule has 0 aromatic heterocycles. The van der Waals surface area contributed by atoms with Crippen LogP contribution in [0, 0.1) is 0 Å². The molecule has 0 fully saturated rings. The van der Waals surface area contributed by atoms with Crippen molar-refractivity contribution in [2.45, 2.75) is 25.8 Å². The monoisotopic (exact) mass is 202 g/mol. The summed E-state index contributed by atoms with van der Waals surface area (Å²) in [6.45, 7) is 4.37. The number of carboxylic acids is 1. The van der Waals surface area contributed by atoms with E-state index < -0.39 is 18.3 Å². The van der Waals surface area contributed by atoms with E-state index in [1.165, 1.54) is 0 Å². The fourth-order valence-corrected chi connectivity index (χ4v) is 0.673. The van der Waals surface area contributed by atoms with Crippen molar-refractivity contribution in [3.63, 3.8) is 0 Å². The number of amides is 1. The molecule has 2 N–H and O–H groups in total. The van der Waals surface area contributed by atoms with Crippen molar-refractivity contribution in [1.82, 2.24) is 10.2 Å². The third kappa shape index (κ3) is 4.81. The summed E-state index contributed by atoms with van der Waals surface area (Å²) in [5.41, 5.74) is -0.172. The number of nitrogens with one attached hydrogen (secondary N) is 1. The molecular weight excluding hydrogens is 184 g/mol. The highest BCUT2D eigenvalue weighted by atomic mass is 16.4. The van der Waals surface area contributed by atoms with Crippen LogP contribution in [0.4, 0.5) is 0 Å². The number of carbonyl (C=O) groups excluding carboxylic acids is 1. The molecule has 0 atom stereocenters. The predicted octanol–water partition coefficient (Wildman–Crippen LogP) is -0.0825. The maximum Gasteiger partial charge on any atom is 0.312 e. The molecule has 0 radical (unpaired) electrons. The lowest BCUT2D eigenvalue weighted by molar-refractivity contribution is -0.140. The summed E-state index contributed by atoms with van der Waals surface area (Å²) in [5, 5.41) is 10.9. The molecule has 0 rings (SSSR count). The molecule has 82 valence electrons. The van der Waals surface area contributed by atoms with Crippen LogP contribution in [0.25, 0.3) is 0 Å². The van der Waals surface area contributed by atoms with Gasteiger partial charge in [0.25, 0.3) is 0 Å². The van der Waals surface area contributed by atoms with E-state index in [2.05, 4.69) is 5.32 Å². The van der Waals surface area contributed by atoms with Gasteiger partial charge in [-0.3, -0.25) is 9.59 Å².